The molecule has 6 heteroatoms. The lowest BCUT2D eigenvalue weighted by atomic mass is 10.1. The predicted molar refractivity (Wildman–Crippen MR) is 96.4 cm³/mol. The number of rotatable bonds is 4. The highest BCUT2D eigenvalue weighted by atomic mass is 35.5. The van der Waals surface area contributed by atoms with E-state index in [-0.39, 0.29) is 18.3 Å². The number of halogens is 2. The molecule has 0 aromatic heterocycles. The molecule has 0 bridgehead atoms. The average molecular weight is 358 g/mol. The molecule has 1 N–H and O–H groups in total. The van der Waals surface area contributed by atoms with Crippen molar-refractivity contribution < 1.29 is 4.79 Å². The molecule has 0 spiro atoms. The van der Waals surface area contributed by atoms with Gasteiger partial charge in [0.05, 0.1) is 0 Å². The van der Waals surface area contributed by atoms with E-state index >= 15 is 0 Å². The van der Waals surface area contributed by atoms with Gasteiger partial charge in [0.1, 0.15) is 0 Å². The van der Waals surface area contributed by atoms with Crippen LogP contribution in [-0.2, 0) is 11.2 Å². The van der Waals surface area contributed by atoms with E-state index in [9.17, 15) is 4.79 Å². The van der Waals surface area contributed by atoms with Gasteiger partial charge in [0, 0.05) is 56.8 Å². The highest BCUT2D eigenvalue weighted by molar-refractivity contribution is 6.31. The Morgan fingerprint density at radius 3 is 2.70 bits per heavy atom. The molecular formula is C17H25Cl2N3O. The van der Waals surface area contributed by atoms with Gasteiger partial charge in [-0.3, -0.25) is 9.69 Å². The molecule has 2 saturated heterocycles. The van der Waals surface area contributed by atoms with Crippen molar-refractivity contribution in [1.29, 1.82) is 0 Å². The number of carbonyl (C=O) groups excluding carboxylic acids is 1. The van der Waals surface area contributed by atoms with Gasteiger partial charge in [0.2, 0.25) is 5.91 Å². The van der Waals surface area contributed by atoms with E-state index in [4.69, 9.17) is 11.6 Å². The maximum atomic E-state index is 12.4. The van der Waals surface area contributed by atoms with Crippen LogP contribution in [0.3, 0.4) is 0 Å². The van der Waals surface area contributed by atoms with Gasteiger partial charge in [-0.2, -0.15) is 0 Å². The first-order valence-corrected chi connectivity index (χ1v) is 8.58. The second-order valence-electron chi connectivity index (χ2n) is 6.16. The summed E-state index contributed by atoms with van der Waals surface area (Å²) in [6.07, 6.45) is 2.39. The number of hydrogen-bond acceptors (Lipinski definition) is 3. The van der Waals surface area contributed by atoms with Crippen molar-refractivity contribution in [2.45, 2.75) is 25.3 Å². The van der Waals surface area contributed by atoms with Crippen LogP contribution in [-0.4, -0.2) is 61.0 Å². The van der Waals surface area contributed by atoms with Crippen molar-refractivity contribution in [2.24, 2.45) is 0 Å². The molecule has 2 aliphatic rings. The van der Waals surface area contributed by atoms with E-state index in [1.54, 1.807) is 0 Å². The number of benzene rings is 1. The summed E-state index contributed by atoms with van der Waals surface area (Å²) in [4.78, 5) is 17.0. The van der Waals surface area contributed by atoms with Gasteiger partial charge in [0.25, 0.3) is 0 Å². The number of nitrogens with one attached hydrogen (secondary N) is 1. The van der Waals surface area contributed by atoms with Crippen molar-refractivity contribution in [3.63, 3.8) is 0 Å². The van der Waals surface area contributed by atoms with E-state index in [1.165, 1.54) is 0 Å². The van der Waals surface area contributed by atoms with Crippen molar-refractivity contribution in [3.8, 4) is 0 Å². The molecule has 1 amide bonds. The van der Waals surface area contributed by atoms with Crippen molar-refractivity contribution in [1.82, 2.24) is 15.1 Å². The Morgan fingerprint density at radius 1 is 1.22 bits per heavy atom. The lowest BCUT2D eigenvalue weighted by Crippen LogP contribution is -2.49. The summed E-state index contributed by atoms with van der Waals surface area (Å²) < 4.78 is 0. The summed E-state index contributed by atoms with van der Waals surface area (Å²) in [7, 11) is 0. The van der Waals surface area contributed by atoms with Crippen LogP contribution in [0.1, 0.15) is 18.4 Å². The summed E-state index contributed by atoms with van der Waals surface area (Å²) in [5.74, 6) is 0.262. The summed E-state index contributed by atoms with van der Waals surface area (Å²) in [5.41, 5.74) is 1.07. The minimum Gasteiger partial charge on any atom is -0.341 e. The quantitative estimate of drug-likeness (QED) is 0.897. The minimum absolute atomic E-state index is 0. The van der Waals surface area contributed by atoms with Gasteiger partial charge in [-0.25, -0.2) is 0 Å². The molecule has 2 aliphatic heterocycles. The van der Waals surface area contributed by atoms with Gasteiger partial charge in [-0.15, -0.1) is 12.4 Å². The standard InChI is InChI=1S/C17H24ClN3O.ClH/c18-16-4-2-1-3-14(16)5-6-17(22)21-10-7-15(13-21)20-11-8-19-9-12-20;/h1-4,15,19H,5-13H2;1H. The predicted octanol–water partition coefficient (Wildman–Crippen LogP) is 2.20. The first kappa shape index (κ1) is 18.5. The number of likely N-dealkylation sites (tertiary alicyclic amines) is 1. The van der Waals surface area contributed by atoms with Gasteiger partial charge in [0.15, 0.2) is 0 Å². The monoisotopic (exact) mass is 357 g/mol. The number of nitrogens with zero attached hydrogens (tertiary/aromatic N) is 2. The second-order valence-corrected chi connectivity index (χ2v) is 6.57. The first-order valence-electron chi connectivity index (χ1n) is 8.20. The summed E-state index contributed by atoms with van der Waals surface area (Å²) in [5, 5.41) is 4.14. The highest BCUT2D eigenvalue weighted by Crippen LogP contribution is 2.20. The lowest BCUT2D eigenvalue weighted by molar-refractivity contribution is -0.130. The largest absolute Gasteiger partial charge is 0.341 e. The first-order chi connectivity index (χ1) is 10.7. The Kier molecular flexibility index (Phi) is 7.15. The fourth-order valence-electron chi connectivity index (χ4n) is 3.41. The van der Waals surface area contributed by atoms with Gasteiger partial charge >= 0.3 is 0 Å². The molecule has 3 rings (SSSR count). The normalized spacial score (nSPS) is 22.0. The fourth-order valence-corrected chi connectivity index (χ4v) is 3.64. The Morgan fingerprint density at radius 2 is 1.96 bits per heavy atom. The molecule has 4 nitrogen and oxygen atoms in total. The Bertz CT molecular complexity index is 520. The van der Waals surface area contributed by atoms with Crippen LogP contribution in [0.15, 0.2) is 24.3 Å². The smallest absolute Gasteiger partial charge is 0.222 e. The highest BCUT2D eigenvalue weighted by Gasteiger charge is 2.30. The van der Waals surface area contributed by atoms with E-state index < -0.39 is 0 Å². The van der Waals surface area contributed by atoms with E-state index in [1.807, 2.05) is 29.2 Å². The van der Waals surface area contributed by atoms with E-state index in [0.29, 0.717) is 12.5 Å². The number of amides is 1. The van der Waals surface area contributed by atoms with Crippen LogP contribution in [0.25, 0.3) is 0 Å². The molecule has 2 fully saturated rings. The van der Waals surface area contributed by atoms with Gasteiger partial charge in [-0.1, -0.05) is 29.8 Å². The summed E-state index contributed by atoms with van der Waals surface area (Å²) in [6.45, 7) is 6.13. The third-order valence-electron chi connectivity index (χ3n) is 4.75. The molecule has 23 heavy (non-hydrogen) atoms. The van der Waals surface area contributed by atoms with Crippen molar-refractivity contribution in [3.05, 3.63) is 34.9 Å². The van der Waals surface area contributed by atoms with Gasteiger partial charge < -0.3 is 10.2 Å². The molecule has 1 aromatic carbocycles. The van der Waals surface area contributed by atoms with Crippen molar-refractivity contribution in [2.75, 3.05) is 39.3 Å². The van der Waals surface area contributed by atoms with Crippen LogP contribution in [0.5, 0.6) is 0 Å². The number of aryl methyl sites for hydroxylation is 1. The molecular weight excluding hydrogens is 333 g/mol. The molecule has 1 atom stereocenters. The molecule has 0 aliphatic carbocycles. The molecule has 1 unspecified atom stereocenters. The zero-order valence-electron chi connectivity index (χ0n) is 13.3. The minimum atomic E-state index is 0. The Hall–Kier alpha value is -0.810. The molecule has 2 heterocycles. The van der Waals surface area contributed by atoms with E-state index in [2.05, 4.69) is 10.2 Å². The molecule has 0 saturated carbocycles. The van der Waals surface area contributed by atoms with Crippen LogP contribution < -0.4 is 5.32 Å². The topological polar surface area (TPSA) is 35.6 Å². The molecule has 128 valence electrons. The average Bonchev–Trinajstić information content (AvgIpc) is 3.05. The molecule has 0 radical (unpaired) electrons. The summed E-state index contributed by atoms with van der Waals surface area (Å²) >= 11 is 6.15. The number of carbonyl (C=O) groups is 1. The number of piperazine rings is 1. The lowest BCUT2D eigenvalue weighted by Gasteiger charge is -2.32. The Balaban J connectivity index is 0.00000192. The van der Waals surface area contributed by atoms with Crippen LogP contribution >= 0.6 is 24.0 Å². The molecule has 1 aromatic rings. The maximum Gasteiger partial charge on any atom is 0.222 e. The second kappa shape index (κ2) is 8.88. The van der Waals surface area contributed by atoms with E-state index in [0.717, 1.165) is 62.7 Å². The van der Waals surface area contributed by atoms with Gasteiger partial charge in [-0.05, 0) is 24.5 Å². The maximum absolute atomic E-state index is 12.4. The number of hydrogen-bond donors (Lipinski definition) is 1. The third-order valence-corrected chi connectivity index (χ3v) is 5.12. The van der Waals surface area contributed by atoms with Crippen LogP contribution in [0.2, 0.25) is 5.02 Å². The van der Waals surface area contributed by atoms with Crippen LogP contribution in [0.4, 0.5) is 0 Å². The third kappa shape index (κ3) is 4.83. The zero-order valence-corrected chi connectivity index (χ0v) is 14.9. The fraction of sp³-hybridized carbons (Fsp3) is 0.588. The SMILES string of the molecule is Cl.O=C(CCc1ccccc1Cl)N1CCC(N2CCNCC2)C1. The van der Waals surface area contributed by atoms with Crippen molar-refractivity contribution >= 4 is 29.9 Å². The summed E-state index contributed by atoms with van der Waals surface area (Å²) in [6, 6.07) is 8.33. The zero-order chi connectivity index (χ0) is 15.4. The van der Waals surface area contributed by atoms with Crippen LogP contribution in [0, 0.1) is 0 Å². The Labute approximate surface area is 149 Å².